The average Bonchev–Trinajstić information content (AvgIpc) is 3.00. The van der Waals surface area contributed by atoms with Gasteiger partial charge in [0.1, 0.15) is 11.9 Å². The van der Waals surface area contributed by atoms with E-state index in [-0.39, 0.29) is 24.0 Å². The second-order valence-electron chi connectivity index (χ2n) is 6.78. The van der Waals surface area contributed by atoms with Gasteiger partial charge in [-0.1, -0.05) is 24.3 Å². The van der Waals surface area contributed by atoms with E-state index in [1.165, 1.54) is 24.3 Å². The molecule has 0 aromatic heterocycles. The first-order valence-corrected chi connectivity index (χ1v) is 9.13. The van der Waals surface area contributed by atoms with Gasteiger partial charge in [-0.25, -0.2) is 14.1 Å². The number of hydrogen-bond donors (Lipinski definition) is 0. The maximum atomic E-state index is 14.1. The van der Waals surface area contributed by atoms with Gasteiger partial charge in [-0.15, -0.1) is 0 Å². The lowest BCUT2D eigenvalue weighted by atomic mass is 10.0. The lowest BCUT2D eigenvalue weighted by molar-refractivity contribution is -0.156. The Morgan fingerprint density at radius 1 is 1.00 bits per heavy atom. The quantitative estimate of drug-likeness (QED) is 0.562. The fourth-order valence-corrected chi connectivity index (χ4v) is 3.52. The molecule has 1 atom stereocenters. The Morgan fingerprint density at radius 3 is 2.43 bits per heavy atom. The van der Waals surface area contributed by atoms with E-state index in [0.29, 0.717) is 9.80 Å². The van der Waals surface area contributed by atoms with Crippen molar-refractivity contribution < 1.29 is 33.1 Å². The summed E-state index contributed by atoms with van der Waals surface area (Å²) < 4.78 is 19.1. The Balaban J connectivity index is 1.53. The standard InChI is InChI=1S/C21H15FN2O6/c22-14-8-4-7-13-17(14)20(28)24(18(13)26)15-9-10-16(25)23(19(15)27)11-30-21(29)12-5-2-1-3-6-12/h1-8,15H,9-11H2. The third-order valence-corrected chi connectivity index (χ3v) is 5.03. The van der Waals surface area contributed by atoms with E-state index in [1.807, 2.05) is 0 Å². The number of nitrogens with zero attached hydrogens (tertiary/aromatic N) is 2. The zero-order chi connectivity index (χ0) is 21.4. The van der Waals surface area contributed by atoms with Crippen molar-refractivity contribution in [1.82, 2.24) is 9.80 Å². The first-order valence-electron chi connectivity index (χ1n) is 9.13. The van der Waals surface area contributed by atoms with Crippen molar-refractivity contribution in [2.45, 2.75) is 18.9 Å². The molecule has 2 aliphatic heterocycles. The van der Waals surface area contributed by atoms with Gasteiger partial charge in [0.15, 0.2) is 6.73 Å². The maximum Gasteiger partial charge on any atom is 0.339 e. The molecule has 0 spiro atoms. The number of likely N-dealkylation sites (tertiary alicyclic amines) is 1. The van der Waals surface area contributed by atoms with Crippen molar-refractivity contribution in [2.75, 3.05) is 6.73 Å². The van der Waals surface area contributed by atoms with Crippen molar-refractivity contribution >= 4 is 29.6 Å². The largest absolute Gasteiger partial charge is 0.440 e. The summed E-state index contributed by atoms with van der Waals surface area (Å²) in [4.78, 5) is 63.8. The third-order valence-electron chi connectivity index (χ3n) is 5.03. The molecular formula is C21H15FN2O6. The van der Waals surface area contributed by atoms with Gasteiger partial charge in [-0.3, -0.25) is 24.1 Å². The Labute approximate surface area is 169 Å². The zero-order valence-corrected chi connectivity index (χ0v) is 15.5. The smallest absolute Gasteiger partial charge is 0.339 e. The van der Waals surface area contributed by atoms with E-state index >= 15 is 0 Å². The van der Waals surface area contributed by atoms with Crippen molar-refractivity contribution in [1.29, 1.82) is 0 Å². The zero-order valence-electron chi connectivity index (χ0n) is 15.5. The van der Waals surface area contributed by atoms with Crippen LogP contribution in [-0.2, 0) is 14.3 Å². The summed E-state index contributed by atoms with van der Waals surface area (Å²) >= 11 is 0. The number of benzene rings is 2. The van der Waals surface area contributed by atoms with Crippen LogP contribution in [-0.4, -0.2) is 52.2 Å². The third kappa shape index (κ3) is 3.14. The fourth-order valence-electron chi connectivity index (χ4n) is 3.52. The van der Waals surface area contributed by atoms with Crippen LogP contribution in [0.5, 0.6) is 0 Å². The minimum Gasteiger partial charge on any atom is -0.440 e. The second kappa shape index (κ2) is 7.51. The van der Waals surface area contributed by atoms with Crippen LogP contribution in [0.1, 0.15) is 43.9 Å². The summed E-state index contributed by atoms with van der Waals surface area (Å²) in [6, 6.07) is 10.4. The molecule has 0 N–H and O–H groups in total. The number of fused-ring (bicyclic) bond motifs is 1. The van der Waals surface area contributed by atoms with Gasteiger partial charge in [-0.05, 0) is 30.7 Å². The number of halogens is 1. The Hall–Kier alpha value is -3.88. The number of ether oxygens (including phenoxy) is 1. The molecule has 1 fully saturated rings. The highest BCUT2D eigenvalue weighted by molar-refractivity contribution is 6.23. The van der Waals surface area contributed by atoms with Crippen molar-refractivity contribution in [3.63, 3.8) is 0 Å². The van der Waals surface area contributed by atoms with Crippen LogP contribution in [0.2, 0.25) is 0 Å². The molecule has 0 saturated carbocycles. The fraction of sp³-hybridized carbons (Fsp3) is 0.190. The van der Waals surface area contributed by atoms with Crippen molar-refractivity contribution in [3.05, 3.63) is 71.0 Å². The van der Waals surface area contributed by atoms with E-state index in [0.717, 1.165) is 6.07 Å². The van der Waals surface area contributed by atoms with Crippen molar-refractivity contribution in [3.8, 4) is 0 Å². The van der Waals surface area contributed by atoms with Crippen LogP contribution in [0.25, 0.3) is 0 Å². The van der Waals surface area contributed by atoms with E-state index < -0.39 is 53.8 Å². The predicted molar refractivity (Wildman–Crippen MR) is 98.5 cm³/mol. The predicted octanol–water partition coefficient (Wildman–Crippen LogP) is 1.75. The molecule has 0 radical (unpaired) electrons. The highest BCUT2D eigenvalue weighted by atomic mass is 19.1. The first-order chi connectivity index (χ1) is 14.4. The van der Waals surface area contributed by atoms with E-state index in [2.05, 4.69) is 0 Å². The molecule has 9 heteroatoms. The van der Waals surface area contributed by atoms with E-state index in [1.54, 1.807) is 18.2 Å². The van der Waals surface area contributed by atoms with Crippen molar-refractivity contribution in [2.24, 2.45) is 0 Å². The molecule has 4 rings (SSSR count). The molecule has 2 aliphatic rings. The molecule has 1 unspecified atom stereocenters. The number of carbonyl (C=O) groups excluding carboxylic acids is 5. The number of carbonyl (C=O) groups is 5. The van der Waals surface area contributed by atoms with Crippen LogP contribution >= 0.6 is 0 Å². The summed E-state index contributed by atoms with van der Waals surface area (Å²) in [5.41, 5.74) is -0.289. The minimum atomic E-state index is -1.29. The van der Waals surface area contributed by atoms with Gasteiger partial charge in [-0.2, -0.15) is 0 Å². The molecule has 2 aromatic carbocycles. The molecule has 2 heterocycles. The number of hydrogen-bond acceptors (Lipinski definition) is 6. The van der Waals surface area contributed by atoms with Gasteiger partial charge in [0, 0.05) is 6.42 Å². The second-order valence-corrected chi connectivity index (χ2v) is 6.78. The number of rotatable bonds is 4. The molecule has 152 valence electrons. The van der Waals surface area contributed by atoms with Crippen LogP contribution in [0.15, 0.2) is 48.5 Å². The SMILES string of the molecule is O=C(OCN1C(=O)CCC(N2C(=O)c3cccc(F)c3C2=O)C1=O)c1ccccc1. The molecule has 0 bridgehead atoms. The van der Waals surface area contributed by atoms with Gasteiger partial charge in [0.2, 0.25) is 5.91 Å². The van der Waals surface area contributed by atoms with Crippen LogP contribution in [0.4, 0.5) is 4.39 Å². The highest BCUT2D eigenvalue weighted by Gasteiger charge is 2.48. The number of imide groups is 2. The Bertz CT molecular complexity index is 1080. The van der Waals surface area contributed by atoms with Crippen LogP contribution < -0.4 is 0 Å². The number of esters is 1. The maximum absolute atomic E-state index is 14.1. The van der Waals surface area contributed by atoms with Gasteiger partial charge >= 0.3 is 5.97 Å². The normalized spacial score (nSPS) is 18.6. The molecule has 8 nitrogen and oxygen atoms in total. The lowest BCUT2D eigenvalue weighted by Crippen LogP contribution is -2.56. The summed E-state index contributed by atoms with van der Waals surface area (Å²) in [5.74, 6) is -4.78. The summed E-state index contributed by atoms with van der Waals surface area (Å²) in [5, 5.41) is 0. The van der Waals surface area contributed by atoms with Crippen LogP contribution in [0.3, 0.4) is 0 Å². The summed E-state index contributed by atoms with van der Waals surface area (Å²) in [7, 11) is 0. The summed E-state index contributed by atoms with van der Waals surface area (Å²) in [6.07, 6.45) is -0.233. The average molecular weight is 410 g/mol. The Morgan fingerprint density at radius 2 is 1.73 bits per heavy atom. The molecule has 4 amide bonds. The highest BCUT2D eigenvalue weighted by Crippen LogP contribution is 2.30. The molecule has 0 aliphatic carbocycles. The van der Waals surface area contributed by atoms with E-state index in [4.69, 9.17) is 4.74 Å². The molecule has 1 saturated heterocycles. The monoisotopic (exact) mass is 410 g/mol. The molecule has 30 heavy (non-hydrogen) atoms. The van der Waals surface area contributed by atoms with E-state index in [9.17, 15) is 28.4 Å². The molecular weight excluding hydrogens is 395 g/mol. The minimum absolute atomic E-state index is 0.0894. The Kier molecular flexibility index (Phi) is 4.86. The number of piperidine rings is 1. The summed E-state index contributed by atoms with van der Waals surface area (Å²) in [6.45, 7) is -0.653. The first kappa shape index (κ1) is 19.4. The topological polar surface area (TPSA) is 101 Å². The number of amides is 4. The molecule has 2 aromatic rings. The van der Waals surface area contributed by atoms with Gasteiger partial charge in [0.25, 0.3) is 17.7 Å². The lowest BCUT2D eigenvalue weighted by Gasteiger charge is -2.33. The van der Waals surface area contributed by atoms with Crippen LogP contribution in [0, 0.1) is 5.82 Å². The van der Waals surface area contributed by atoms with Gasteiger partial charge in [0.05, 0.1) is 16.7 Å². The van der Waals surface area contributed by atoms with Gasteiger partial charge < -0.3 is 4.74 Å².